The van der Waals surface area contributed by atoms with Crippen LogP contribution in [0, 0.1) is 5.92 Å². The molecule has 4 N–H and O–H groups in total. The molecule has 0 aliphatic rings. The molecule has 0 fully saturated rings. The Bertz CT molecular complexity index is 1130. The molecule has 0 aromatic rings. The fraction of sp³-hybridized carbons (Fsp3) is 0.774. The monoisotopic (exact) mass is 686 g/mol. The summed E-state index contributed by atoms with van der Waals surface area (Å²) in [6, 6.07) is -6.51. The van der Waals surface area contributed by atoms with E-state index in [9.17, 15) is 33.6 Å². The first-order valence-electron chi connectivity index (χ1n) is 16.0. The van der Waals surface area contributed by atoms with Gasteiger partial charge in [-0.05, 0) is 46.5 Å². The van der Waals surface area contributed by atoms with Crippen LogP contribution < -0.4 is 21.3 Å². The summed E-state index contributed by atoms with van der Waals surface area (Å²) in [6.07, 6.45) is 1.36. The first kappa shape index (κ1) is 44.2. The quantitative estimate of drug-likeness (QED) is 0.162. The predicted molar refractivity (Wildman–Crippen MR) is 178 cm³/mol. The van der Waals surface area contributed by atoms with Gasteiger partial charge in [0.25, 0.3) is 5.91 Å². The average Bonchev–Trinajstić information content (AvgIpc) is 3.02. The molecule has 0 heterocycles. The van der Waals surface area contributed by atoms with Crippen LogP contribution in [0.3, 0.4) is 0 Å². The van der Waals surface area contributed by atoms with Gasteiger partial charge in [0.2, 0.25) is 17.7 Å². The van der Waals surface area contributed by atoms with Crippen LogP contribution in [-0.2, 0) is 28.8 Å². The van der Waals surface area contributed by atoms with Crippen LogP contribution >= 0.6 is 0 Å². The van der Waals surface area contributed by atoms with Gasteiger partial charge in [0.1, 0.15) is 18.1 Å². The van der Waals surface area contributed by atoms with E-state index in [-0.39, 0.29) is 37.2 Å². The van der Waals surface area contributed by atoms with Crippen LogP contribution in [0.5, 0.6) is 0 Å². The summed E-state index contributed by atoms with van der Waals surface area (Å²) in [5.41, 5.74) is -0.902. The minimum absolute atomic E-state index is 0.0266. The number of amides is 10. The third-order valence-electron chi connectivity index (χ3n) is 7.80. The van der Waals surface area contributed by atoms with Crippen molar-refractivity contribution in [3.8, 4) is 0 Å². The van der Waals surface area contributed by atoms with E-state index < -0.39 is 59.7 Å². The van der Waals surface area contributed by atoms with E-state index in [1.165, 1.54) is 45.1 Å². The van der Waals surface area contributed by atoms with Gasteiger partial charge < -0.3 is 25.2 Å². The molecule has 0 spiro atoms. The highest BCUT2D eigenvalue weighted by molar-refractivity contribution is 6.06. The molecule has 4 atom stereocenters. The molecule has 0 aromatic heterocycles. The normalized spacial score (nSPS) is 13.9. The zero-order valence-electron chi connectivity index (χ0n) is 30.9. The standard InChI is InChI=1S/C31H58N8O9/c1-14-15-24(40)36(9)21(5)27(43)37(10)23(17-31(6,7)47-13)26(42)34-29(45)38(11)30(46)35-28(44)33-20(4)18-48-39(12)22(16-19(2)3)25(41)32-8/h19-23H,14-18H2,1-13H3,(H,32,41)(H,34,42,45)(H2,33,35,44,46)/t20?,21-,22+,23+/m1/s1. The number of ether oxygens (including phenoxy) is 1. The smallest absolute Gasteiger partial charge is 0.333 e. The maximum atomic E-state index is 13.4. The van der Waals surface area contributed by atoms with Gasteiger partial charge in [0.05, 0.1) is 18.2 Å². The molecule has 0 radical (unpaired) electrons. The maximum Gasteiger partial charge on any atom is 0.333 e. The van der Waals surface area contributed by atoms with Gasteiger partial charge in [0, 0.05) is 55.2 Å². The summed E-state index contributed by atoms with van der Waals surface area (Å²) >= 11 is 0. The second-order valence-corrected chi connectivity index (χ2v) is 12.8. The van der Waals surface area contributed by atoms with Crippen molar-refractivity contribution in [3.63, 3.8) is 0 Å². The summed E-state index contributed by atoms with van der Waals surface area (Å²) in [4.78, 5) is 97.9. The number of carbonyl (C=O) groups excluding carboxylic acids is 7. The van der Waals surface area contributed by atoms with E-state index in [0.29, 0.717) is 17.7 Å². The van der Waals surface area contributed by atoms with Gasteiger partial charge >= 0.3 is 18.1 Å². The van der Waals surface area contributed by atoms with Crippen molar-refractivity contribution < 1.29 is 43.1 Å². The Labute approximate surface area is 284 Å². The van der Waals surface area contributed by atoms with Crippen molar-refractivity contribution in [2.24, 2.45) is 5.92 Å². The number of hydroxylamine groups is 2. The lowest BCUT2D eigenvalue weighted by atomic mass is 9.96. The predicted octanol–water partition coefficient (Wildman–Crippen LogP) is 1.28. The SMILES string of the molecule is CCCC(=O)N(C)[C@H](C)C(=O)N(C)[C@@H](CC(C)(C)OC)C(=O)NC(=O)N(C)C(=O)NC(=O)NC(C)CON(C)[C@@H](CC(C)C)C(=O)NC. The molecule has 276 valence electrons. The lowest BCUT2D eigenvalue weighted by Gasteiger charge is -2.36. The largest absolute Gasteiger partial charge is 0.379 e. The second-order valence-electron chi connectivity index (χ2n) is 12.8. The molecule has 0 aliphatic carbocycles. The van der Waals surface area contributed by atoms with Crippen LogP contribution in [0.4, 0.5) is 14.4 Å². The van der Waals surface area contributed by atoms with Gasteiger partial charge in [-0.1, -0.05) is 20.8 Å². The number of urea groups is 3. The highest BCUT2D eigenvalue weighted by Crippen LogP contribution is 2.20. The molecular weight excluding hydrogens is 628 g/mol. The van der Waals surface area contributed by atoms with Crippen molar-refractivity contribution in [1.29, 1.82) is 0 Å². The van der Waals surface area contributed by atoms with Gasteiger partial charge in [-0.3, -0.25) is 34.6 Å². The van der Waals surface area contributed by atoms with Gasteiger partial charge in [-0.2, -0.15) is 5.06 Å². The van der Waals surface area contributed by atoms with Crippen LogP contribution in [0.1, 0.15) is 74.1 Å². The molecule has 17 heteroatoms. The number of likely N-dealkylation sites (N-methyl/N-ethyl adjacent to an activating group) is 4. The molecule has 1 unspecified atom stereocenters. The maximum absolute atomic E-state index is 13.4. The Morgan fingerprint density at radius 3 is 1.88 bits per heavy atom. The molecule has 0 bridgehead atoms. The Kier molecular flexibility index (Phi) is 18.9. The molecular formula is C31H58N8O9. The Morgan fingerprint density at radius 1 is 0.812 bits per heavy atom. The third-order valence-corrected chi connectivity index (χ3v) is 7.80. The number of rotatable bonds is 17. The third kappa shape index (κ3) is 14.5. The van der Waals surface area contributed by atoms with Crippen molar-refractivity contribution in [2.45, 2.75) is 104 Å². The number of carbonyl (C=O) groups is 7. The van der Waals surface area contributed by atoms with Gasteiger partial charge in [-0.25, -0.2) is 19.3 Å². The van der Waals surface area contributed by atoms with E-state index >= 15 is 0 Å². The van der Waals surface area contributed by atoms with E-state index in [2.05, 4.69) is 16.0 Å². The number of nitrogens with one attached hydrogen (secondary N) is 4. The average molecular weight is 687 g/mol. The van der Waals surface area contributed by atoms with Crippen molar-refractivity contribution >= 4 is 41.7 Å². The first-order chi connectivity index (χ1) is 22.1. The lowest BCUT2D eigenvalue weighted by molar-refractivity contribution is -0.181. The summed E-state index contributed by atoms with van der Waals surface area (Å²) in [6.45, 7) is 12.3. The highest BCUT2D eigenvalue weighted by atomic mass is 16.7. The molecule has 0 saturated carbocycles. The topological polar surface area (TPSA) is 199 Å². The van der Waals surface area contributed by atoms with Crippen molar-refractivity contribution in [2.75, 3.05) is 49.0 Å². The zero-order valence-corrected chi connectivity index (χ0v) is 30.9. The molecule has 0 aliphatic heterocycles. The molecule has 0 rings (SSSR count). The summed E-state index contributed by atoms with van der Waals surface area (Å²) in [5.74, 6) is -1.68. The fourth-order valence-electron chi connectivity index (χ4n) is 4.38. The minimum atomic E-state index is -1.23. The van der Waals surface area contributed by atoms with Gasteiger partial charge in [-0.15, -0.1) is 0 Å². The molecule has 10 amide bonds. The molecule has 17 nitrogen and oxygen atoms in total. The number of nitrogens with zero attached hydrogens (tertiary/aromatic N) is 4. The molecule has 48 heavy (non-hydrogen) atoms. The molecule has 0 aromatic carbocycles. The van der Waals surface area contributed by atoms with Crippen molar-refractivity contribution in [3.05, 3.63) is 0 Å². The number of imide groups is 3. The number of hydrogen-bond donors (Lipinski definition) is 4. The van der Waals surface area contributed by atoms with E-state index in [0.717, 1.165) is 11.9 Å². The summed E-state index contributed by atoms with van der Waals surface area (Å²) < 4.78 is 5.45. The number of methoxy groups -OCH3 is 1. The van der Waals surface area contributed by atoms with E-state index in [4.69, 9.17) is 9.57 Å². The second kappa shape index (κ2) is 20.5. The minimum Gasteiger partial charge on any atom is -0.379 e. The van der Waals surface area contributed by atoms with Crippen LogP contribution in [0.25, 0.3) is 0 Å². The lowest BCUT2D eigenvalue weighted by Crippen LogP contribution is -2.58. The summed E-state index contributed by atoms with van der Waals surface area (Å²) in [5, 5.41) is 10.6. The Morgan fingerprint density at radius 2 is 1.38 bits per heavy atom. The first-order valence-corrected chi connectivity index (χ1v) is 16.0. The van der Waals surface area contributed by atoms with Gasteiger partial charge in [0.15, 0.2) is 0 Å². The van der Waals surface area contributed by atoms with Crippen LogP contribution in [0.2, 0.25) is 0 Å². The van der Waals surface area contributed by atoms with Crippen LogP contribution in [-0.4, -0.2) is 140 Å². The Balaban J connectivity index is 5.44. The fourth-order valence-corrected chi connectivity index (χ4v) is 4.38. The number of hydrogen-bond acceptors (Lipinski definition) is 10. The van der Waals surface area contributed by atoms with Crippen molar-refractivity contribution in [1.82, 2.24) is 41.0 Å². The molecule has 0 saturated heterocycles. The highest BCUT2D eigenvalue weighted by Gasteiger charge is 2.37. The van der Waals surface area contributed by atoms with E-state index in [1.54, 1.807) is 27.8 Å². The summed E-state index contributed by atoms with van der Waals surface area (Å²) in [7, 11) is 8.50. The Hall–Kier alpha value is -3.83. The van der Waals surface area contributed by atoms with Crippen LogP contribution in [0.15, 0.2) is 0 Å². The zero-order chi connectivity index (χ0) is 37.5. The van der Waals surface area contributed by atoms with E-state index in [1.807, 2.05) is 26.1 Å².